The summed E-state index contributed by atoms with van der Waals surface area (Å²) in [5.41, 5.74) is 0. The van der Waals surface area contributed by atoms with Crippen molar-refractivity contribution in [3.63, 3.8) is 0 Å². The molecule has 0 aromatic heterocycles. The molecule has 3 rings (SSSR count). The fourth-order valence-corrected chi connectivity index (χ4v) is 23.9. The van der Waals surface area contributed by atoms with E-state index in [4.69, 9.17) is 0 Å². The van der Waals surface area contributed by atoms with E-state index < -0.39 is 38.9 Å². The molecular weight excluding hydrogens is 651 g/mol. The third-order valence-electron chi connectivity index (χ3n) is 4.95. The monoisotopic (exact) mass is 666 g/mol. The van der Waals surface area contributed by atoms with Crippen molar-refractivity contribution in [1.82, 2.24) is 0 Å². The van der Waals surface area contributed by atoms with E-state index in [1.165, 1.54) is 54.6 Å². The number of rotatable bonds is 5. The molecule has 4 nitrogen and oxygen atoms in total. The molecule has 0 aliphatic heterocycles. The van der Waals surface area contributed by atoms with Crippen molar-refractivity contribution in [3.8, 4) is 0 Å². The van der Waals surface area contributed by atoms with Gasteiger partial charge in [-0.25, -0.2) is 0 Å². The molecule has 0 saturated heterocycles. The van der Waals surface area contributed by atoms with Crippen LogP contribution in [0.2, 0.25) is 0 Å². The van der Waals surface area contributed by atoms with Gasteiger partial charge in [0.1, 0.15) is 0 Å². The van der Waals surface area contributed by atoms with Crippen LogP contribution in [0.4, 0.5) is 35.9 Å². The standard InChI is InChI=1S/3C6H5.2C2F3O2.Bi/c3*1-2-4-6-5-3-1;2*3-2(4,5)7-1-6;/h3*1-5H;;;. The summed E-state index contributed by atoms with van der Waals surface area (Å²) in [5, 5.41) is 0. The van der Waals surface area contributed by atoms with Gasteiger partial charge >= 0.3 is 185 Å². The van der Waals surface area contributed by atoms with Gasteiger partial charge in [0.2, 0.25) is 0 Å². The summed E-state index contributed by atoms with van der Waals surface area (Å²) in [6.07, 6.45) is -11.2. The molecule has 0 saturated carbocycles. The molecule has 0 unspecified atom stereocenters. The van der Waals surface area contributed by atoms with E-state index in [0.29, 0.717) is 0 Å². The average Bonchev–Trinajstić information content (AvgIpc) is 2.75. The van der Waals surface area contributed by atoms with Crippen LogP contribution in [-0.4, -0.2) is 38.9 Å². The third kappa shape index (κ3) is 4.22. The van der Waals surface area contributed by atoms with E-state index in [2.05, 4.69) is 9.47 Å². The number of ether oxygens (including phenoxy) is 2. The summed E-state index contributed by atoms with van der Waals surface area (Å²) in [6, 6.07) is 19.0. The van der Waals surface area contributed by atoms with Gasteiger partial charge < -0.3 is 0 Å². The molecule has 11 heteroatoms. The minimum atomic E-state index is -7.50. The Morgan fingerprint density at radius 1 is 0.515 bits per heavy atom. The van der Waals surface area contributed by atoms with Crippen molar-refractivity contribution in [1.29, 1.82) is 0 Å². The van der Waals surface area contributed by atoms with Gasteiger partial charge in [0, 0.05) is 0 Å². The molecule has 0 amide bonds. The predicted molar refractivity (Wildman–Crippen MR) is 109 cm³/mol. The quantitative estimate of drug-likeness (QED) is 0.296. The van der Waals surface area contributed by atoms with E-state index in [1.54, 1.807) is 0 Å². The van der Waals surface area contributed by atoms with Crippen molar-refractivity contribution in [3.05, 3.63) is 91.0 Å². The molecular formula is C22H15BiF6O4. The Labute approximate surface area is 184 Å². The van der Waals surface area contributed by atoms with Gasteiger partial charge in [-0.3, -0.25) is 0 Å². The Morgan fingerprint density at radius 2 is 0.758 bits per heavy atom. The summed E-state index contributed by atoms with van der Waals surface area (Å²) in [5.74, 6) is 0. The second-order valence-corrected chi connectivity index (χ2v) is 24.3. The van der Waals surface area contributed by atoms with Crippen LogP contribution in [0.5, 0.6) is 0 Å². The van der Waals surface area contributed by atoms with Crippen LogP contribution in [0.1, 0.15) is 0 Å². The van der Waals surface area contributed by atoms with E-state index in [1.807, 2.05) is 0 Å². The van der Waals surface area contributed by atoms with E-state index in [0.717, 1.165) is 36.4 Å². The van der Waals surface area contributed by atoms with Gasteiger partial charge in [0.05, 0.1) is 0 Å². The van der Waals surface area contributed by atoms with E-state index >= 15 is 0 Å². The molecule has 0 aliphatic rings. The van der Waals surface area contributed by atoms with Gasteiger partial charge in [-0.2, -0.15) is 0 Å². The molecule has 3 aromatic carbocycles. The molecule has 0 fully saturated rings. The Kier molecular flexibility index (Phi) is 6.57. The predicted octanol–water partition coefficient (Wildman–Crippen LogP) is 4.59. The first-order valence-electron chi connectivity index (χ1n) is 9.21. The molecule has 0 radical (unpaired) electrons. The van der Waals surface area contributed by atoms with Crippen LogP contribution >= 0.6 is 0 Å². The van der Waals surface area contributed by atoms with Crippen molar-refractivity contribution >= 4 is 36.0 Å². The SMILES string of the molecule is O=[C](OC(F)(F)F)[Bi]([C](=O)OC(F)(F)F)([c]1ccccc1)([c]1ccccc1)[c]1ccccc1. The van der Waals surface area contributed by atoms with Gasteiger partial charge in [0.15, 0.2) is 0 Å². The molecule has 0 bridgehead atoms. The summed E-state index contributed by atoms with van der Waals surface area (Å²) in [4.78, 5) is 27.2. The summed E-state index contributed by atoms with van der Waals surface area (Å²) >= 11 is -7.50. The number of benzene rings is 3. The van der Waals surface area contributed by atoms with Crippen molar-refractivity contribution in [2.24, 2.45) is 0 Å². The van der Waals surface area contributed by atoms with Crippen molar-refractivity contribution in [2.45, 2.75) is 12.7 Å². The van der Waals surface area contributed by atoms with E-state index in [-0.39, 0.29) is 9.81 Å². The van der Waals surface area contributed by atoms with Crippen LogP contribution in [0.25, 0.3) is 0 Å². The molecule has 3 aromatic rings. The van der Waals surface area contributed by atoms with Gasteiger partial charge in [-0.15, -0.1) is 0 Å². The normalized spacial score (nSPS) is 13.5. The van der Waals surface area contributed by atoms with Crippen LogP contribution in [0, 0.1) is 0 Å². The van der Waals surface area contributed by atoms with Crippen molar-refractivity contribution < 1.29 is 45.4 Å². The van der Waals surface area contributed by atoms with Gasteiger partial charge in [-0.05, 0) is 0 Å². The third-order valence-corrected chi connectivity index (χ3v) is 26.9. The maximum atomic E-state index is 13.6. The zero-order valence-electron chi connectivity index (χ0n) is 16.5. The molecule has 0 heterocycles. The Hall–Kier alpha value is -2.94. The average molecular weight is 666 g/mol. The van der Waals surface area contributed by atoms with Gasteiger partial charge in [-0.1, -0.05) is 0 Å². The second kappa shape index (κ2) is 8.78. The topological polar surface area (TPSA) is 52.6 Å². The molecule has 33 heavy (non-hydrogen) atoms. The molecule has 0 aliphatic carbocycles. The number of carbonyl (C=O) groups is 2. The first-order chi connectivity index (χ1) is 15.4. The Bertz CT molecular complexity index is 1000. The summed E-state index contributed by atoms with van der Waals surface area (Å²) in [6.45, 7) is 0. The zero-order valence-corrected chi connectivity index (χ0v) is 20.0. The number of hydrogen-bond acceptors (Lipinski definition) is 4. The van der Waals surface area contributed by atoms with Crippen LogP contribution in [0.3, 0.4) is 0 Å². The molecule has 0 spiro atoms. The minimum absolute atomic E-state index is 0.329. The summed E-state index contributed by atoms with van der Waals surface area (Å²) < 4.78 is 82.6. The Morgan fingerprint density at radius 3 is 0.970 bits per heavy atom. The molecule has 0 N–H and O–H groups in total. The molecule has 0 atom stereocenters. The first-order valence-corrected chi connectivity index (χ1v) is 17.9. The van der Waals surface area contributed by atoms with Gasteiger partial charge in [0.25, 0.3) is 0 Å². The molecule has 174 valence electrons. The number of alkyl halides is 6. The maximum absolute atomic E-state index is 13.6. The number of hydrogen-bond donors (Lipinski definition) is 0. The van der Waals surface area contributed by atoms with Crippen molar-refractivity contribution in [2.75, 3.05) is 0 Å². The summed E-state index contributed by atoms with van der Waals surface area (Å²) in [7, 11) is 0. The fourth-order valence-electron chi connectivity index (χ4n) is 3.71. The second-order valence-electron chi connectivity index (χ2n) is 6.75. The fraction of sp³-hybridized carbons (Fsp3) is 0.0909. The zero-order chi connectivity index (χ0) is 24.4. The Balaban J connectivity index is 2.63. The van der Waals surface area contributed by atoms with E-state index in [9.17, 15) is 35.9 Å². The number of halogens is 6. The van der Waals surface area contributed by atoms with Crippen LogP contribution in [0.15, 0.2) is 91.0 Å². The van der Waals surface area contributed by atoms with Crippen LogP contribution < -0.4 is 9.81 Å². The number of carbonyl (C=O) groups excluding carboxylic acids is 2. The van der Waals surface area contributed by atoms with Crippen LogP contribution in [-0.2, 0) is 9.47 Å². The first kappa shape index (κ1) is 24.7.